The van der Waals surface area contributed by atoms with Gasteiger partial charge in [0.25, 0.3) is 5.91 Å². The minimum Gasteiger partial charge on any atom is -0.465 e. The van der Waals surface area contributed by atoms with Gasteiger partial charge in [0.05, 0.1) is 12.8 Å². The van der Waals surface area contributed by atoms with Crippen LogP contribution in [-0.4, -0.2) is 38.5 Å². The maximum Gasteiger partial charge on any atom is 0.327 e. The van der Waals surface area contributed by atoms with Crippen LogP contribution in [0.15, 0.2) is 36.5 Å². The summed E-state index contributed by atoms with van der Waals surface area (Å²) >= 11 is 0. The van der Waals surface area contributed by atoms with Crippen LogP contribution < -0.4 is 5.32 Å². The quantitative estimate of drug-likeness (QED) is 0.696. The first-order chi connectivity index (χ1) is 11.2. The van der Waals surface area contributed by atoms with Gasteiger partial charge in [-0.15, -0.1) is 5.10 Å². The highest BCUT2D eigenvalue weighted by molar-refractivity contribution is 6.05. The van der Waals surface area contributed by atoms with Crippen molar-refractivity contribution in [1.82, 2.24) is 20.0 Å². The summed E-state index contributed by atoms with van der Waals surface area (Å²) in [6, 6.07) is 9.36. The largest absolute Gasteiger partial charge is 0.465 e. The summed E-state index contributed by atoms with van der Waals surface area (Å²) in [4.78, 5) is 26.6. The second-order valence-electron chi connectivity index (χ2n) is 4.83. The standard InChI is InChI=1S/C15H15N5O3/c1-2-23-14(21)9-20-8-13(18-19-20)17-15(22)12-7-10-5-3-4-6-11(10)16-12/h3-8,16H,2,9H2,1H3,(H,17,22). The minimum absolute atomic E-state index is 0.0525. The van der Waals surface area contributed by atoms with Crippen molar-refractivity contribution in [3.63, 3.8) is 0 Å². The molecular formula is C15H15N5O3. The highest BCUT2D eigenvalue weighted by Crippen LogP contribution is 2.15. The van der Waals surface area contributed by atoms with Crippen LogP contribution >= 0.6 is 0 Å². The van der Waals surface area contributed by atoms with Crippen LogP contribution in [0.1, 0.15) is 17.4 Å². The predicted molar refractivity (Wildman–Crippen MR) is 82.9 cm³/mol. The van der Waals surface area contributed by atoms with Crippen molar-refractivity contribution in [3.8, 4) is 0 Å². The first-order valence-corrected chi connectivity index (χ1v) is 7.10. The van der Waals surface area contributed by atoms with Crippen molar-refractivity contribution in [3.05, 3.63) is 42.2 Å². The molecule has 0 saturated heterocycles. The molecule has 0 bridgehead atoms. The molecule has 1 amide bonds. The van der Waals surface area contributed by atoms with Crippen LogP contribution in [0.5, 0.6) is 0 Å². The molecule has 0 spiro atoms. The smallest absolute Gasteiger partial charge is 0.327 e. The molecule has 0 saturated carbocycles. The number of H-pyrrole nitrogens is 1. The Kier molecular flexibility index (Phi) is 4.05. The van der Waals surface area contributed by atoms with Crippen LogP contribution in [0.3, 0.4) is 0 Å². The molecule has 118 valence electrons. The molecule has 23 heavy (non-hydrogen) atoms. The summed E-state index contributed by atoms with van der Waals surface area (Å²) in [6.07, 6.45) is 1.47. The SMILES string of the molecule is CCOC(=O)Cn1cc(NC(=O)c2cc3ccccc3[nH]2)nn1. The van der Waals surface area contributed by atoms with Gasteiger partial charge in [-0.25, -0.2) is 4.68 Å². The van der Waals surface area contributed by atoms with Crippen molar-refractivity contribution in [2.45, 2.75) is 13.5 Å². The number of benzene rings is 1. The third kappa shape index (κ3) is 3.37. The Morgan fingerprint density at radius 2 is 2.17 bits per heavy atom. The van der Waals surface area contributed by atoms with E-state index in [0.29, 0.717) is 12.3 Å². The van der Waals surface area contributed by atoms with Crippen molar-refractivity contribution < 1.29 is 14.3 Å². The monoisotopic (exact) mass is 313 g/mol. The van der Waals surface area contributed by atoms with Gasteiger partial charge in [-0.05, 0) is 19.1 Å². The number of esters is 1. The Morgan fingerprint density at radius 3 is 2.96 bits per heavy atom. The number of carbonyl (C=O) groups is 2. The van der Waals surface area contributed by atoms with E-state index < -0.39 is 5.97 Å². The van der Waals surface area contributed by atoms with Gasteiger partial charge in [-0.3, -0.25) is 9.59 Å². The number of ether oxygens (including phenoxy) is 1. The van der Waals surface area contributed by atoms with E-state index in [1.165, 1.54) is 10.9 Å². The zero-order valence-electron chi connectivity index (χ0n) is 12.4. The van der Waals surface area contributed by atoms with E-state index in [1.807, 2.05) is 24.3 Å². The Balaban J connectivity index is 1.68. The number of aromatic nitrogens is 4. The Hall–Kier alpha value is -3.16. The van der Waals surface area contributed by atoms with Gasteiger partial charge >= 0.3 is 5.97 Å². The van der Waals surface area contributed by atoms with Gasteiger partial charge in [0, 0.05) is 10.9 Å². The highest BCUT2D eigenvalue weighted by Gasteiger charge is 2.12. The summed E-state index contributed by atoms with van der Waals surface area (Å²) in [5.41, 5.74) is 1.30. The Morgan fingerprint density at radius 1 is 1.35 bits per heavy atom. The topological polar surface area (TPSA) is 102 Å². The number of anilines is 1. The van der Waals surface area contributed by atoms with E-state index in [2.05, 4.69) is 20.6 Å². The average molecular weight is 313 g/mol. The first kappa shape index (κ1) is 14.8. The molecule has 0 aliphatic carbocycles. The van der Waals surface area contributed by atoms with Crippen LogP contribution in [-0.2, 0) is 16.1 Å². The van der Waals surface area contributed by atoms with Crippen LogP contribution in [0.25, 0.3) is 10.9 Å². The lowest BCUT2D eigenvalue weighted by Gasteiger charge is -2.00. The van der Waals surface area contributed by atoms with E-state index in [4.69, 9.17) is 4.74 Å². The van der Waals surface area contributed by atoms with E-state index in [-0.39, 0.29) is 18.3 Å². The van der Waals surface area contributed by atoms with Gasteiger partial charge in [0.1, 0.15) is 12.2 Å². The summed E-state index contributed by atoms with van der Waals surface area (Å²) in [6.45, 7) is 1.98. The third-order valence-corrected chi connectivity index (χ3v) is 3.15. The lowest BCUT2D eigenvalue weighted by atomic mass is 10.2. The molecule has 2 heterocycles. The van der Waals surface area contributed by atoms with Crippen molar-refractivity contribution in [1.29, 1.82) is 0 Å². The van der Waals surface area contributed by atoms with Crippen molar-refractivity contribution in [2.75, 3.05) is 11.9 Å². The number of nitrogens with zero attached hydrogens (tertiary/aromatic N) is 3. The van der Waals surface area contributed by atoms with Gasteiger partial charge < -0.3 is 15.0 Å². The lowest BCUT2D eigenvalue weighted by Crippen LogP contribution is -2.14. The highest BCUT2D eigenvalue weighted by atomic mass is 16.5. The normalized spacial score (nSPS) is 10.7. The van der Waals surface area contributed by atoms with Gasteiger partial charge in [0.15, 0.2) is 5.82 Å². The minimum atomic E-state index is -0.411. The third-order valence-electron chi connectivity index (χ3n) is 3.15. The molecule has 0 radical (unpaired) electrons. The number of amides is 1. The number of nitrogens with one attached hydrogen (secondary N) is 2. The van der Waals surface area contributed by atoms with Crippen LogP contribution in [0, 0.1) is 0 Å². The molecular weight excluding hydrogens is 298 g/mol. The van der Waals surface area contributed by atoms with E-state index in [0.717, 1.165) is 10.9 Å². The average Bonchev–Trinajstić information content (AvgIpc) is 3.14. The molecule has 0 fully saturated rings. The van der Waals surface area contributed by atoms with E-state index in [9.17, 15) is 9.59 Å². The molecule has 1 aromatic carbocycles. The summed E-state index contributed by atoms with van der Waals surface area (Å²) in [5, 5.41) is 11.2. The first-order valence-electron chi connectivity index (χ1n) is 7.10. The van der Waals surface area contributed by atoms with Gasteiger partial charge in [0.2, 0.25) is 0 Å². The molecule has 8 heteroatoms. The number of para-hydroxylation sites is 1. The molecule has 2 aromatic heterocycles. The predicted octanol–water partition coefficient (Wildman–Crippen LogP) is 1.57. The lowest BCUT2D eigenvalue weighted by molar-refractivity contribution is -0.144. The fourth-order valence-corrected chi connectivity index (χ4v) is 2.15. The molecule has 8 nitrogen and oxygen atoms in total. The maximum absolute atomic E-state index is 12.2. The molecule has 3 rings (SSSR count). The number of aromatic amines is 1. The number of hydrogen-bond donors (Lipinski definition) is 2. The summed E-state index contributed by atoms with van der Waals surface area (Å²) in [7, 11) is 0. The molecule has 0 aliphatic heterocycles. The fourth-order valence-electron chi connectivity index (χ4n) is 2.15. The Labute approximate surface area is 131 Å². The number of fused-ring (bicyclic) bond motifs is 1. The number of rotatable bonds is 5. The van der Waals surface area contributed by atoms with Gasteiger partial charge in [-0.2, -0.15) is 0 Å². The van der Waals surface area contributed by atoms with E-state index >= 15 is 0 Å². The summed E-state index contributed by atoms with van der Waals surface area (Å²) < 4.78 is 6.12. The second-order valence-corrected chi connectivity index (χ2v) is 4.83. The summed E-state index contributed by atoms with van der Waals surface area (Å²) in [5.74, 6) is -0.478. The maximum atomic E-state index is 12.2. The van der Waals surface area contributed by atoms with Gasteiger partial charge in [-0.1, -0.05) is 23.4 Å². The second kappa shape index (κ2) is 6.30. The number of carbonyl (C=O) groups excluding carboxylic acids is 2. The zero-order valence-corrected chi connectivity index (χ0v) is 12.4. The molecule has 3 aromatic rings. The van der Waals surface area contributed by atoms with Crippen molar-refractivity contribution in [2.24, 2.45) is 0 Å². The zero-order chi connectivity index (χ0) is 16.2. The van der Waals surface area contributed by atoms with Crippen LogP contribution in [0.2, 0.25) is 0 Å². The molecule has 0 unspecified atom stereocenters. The molecule has 0 aliphatic rings. The molecule has 0 atom stereocenters. The van der Waals surface area contributed by atoms with Crippen molar-refractivity contribution >= 4 is 28.6 Å². The Bertz CT molecular complexity index is 819. The van der Waals surface area contributed by atoms with Crippen LogP contribution in [0.4, 0.5) is 5.82 Å². The fraction of sp³-hybridized carbons (Fsp3) is 0.200. The van der Waals surface area contributed by atoms with E-state index in [1.54, 1.807) is 13.0 Å². The number of hydrogen-bond acceptors (Lipinski definition) is 5. The molecule has 2 N–H and O–H groups in total.